The van der Waals surface area contributed by atoms with Crippen LogP contribution in [0.5, 0.6) is 0 Å². The number of nitrogens with zero attached hydrogens (tertiary/aromatic N) is 2. The normalized spacial score (nSPS) is 16.5. The number of pyridine rings is 1. The van der Waals surface area contributed by atoms with Gasteiger partial charge in [-0.1, -0.05) is 13.8 Å². The molecule has 15 heavy (non-hydrogen) atoms. The molecule has 0 N–H and O–H groups in total. The van der Waals surface area contributed by atoms with Gasteiger partial charge in [-0.3, -0.25) is 0 Å². The van der Waals surface area contributed by atoms with Gasteiger partial charge in [0.25, 0.3) is 0 Å². The maximum absolute atomic E-state index is 5.19. The van der Waals surface area contributed by atoms with Gasteiger partial charge in [0.2, 0.25) is 0 Å². The van der Waals surface area contributed by atoms with Crippen LogP contribution in [-0.4, -0.2) is 31.3 Å². The van der Waals surface area contributed by atoms with Gasteiger partial charge in [0.15, 0.2) is 0 Å². The molecule has 1 aromatic rings. The molecule has 1 fully saturated rings. The van der Waals surface area contributed by atoms with Crippen LogP contribution in [0.15, 0.2) is 18.3 Å². The van der Waals surface area contributed by atoms with Crippen LogP contribution in [0.25, 0.3) is 0 Å². The second-order valence-electron chi connectivity index (χ2n) is 4.40. The van der Waals surface area contributed by atoms with Crippen molar-refractivity contribution < 1.29 is 4.74 Å². The summed E-state index contributed by atoms with van der Waals surface area (Å²) in [6.45, 7) is 6.05. The van der Waals surface area contributed by atoms with Crippen molar-refractivity contribution in [3.05, 3.63) is 23.9 Å². The first-order valence-corrected chi connectivity index (χ1v) is 5.45. The first-order valence-electron chi connectivity index (χ1n) is 5.45. The molecular formula is C12H18N2O. The smallest absolute Gasteiger partial charge is 0.128 e. The monoisotopic (exact) mass is 206 g/mol. The van der Waals surface area contributed by atoms with E-state index in [4.69, 9.17) is 4.74 Å². The fraction of sp³-hybridized carbons (Fsp3) is 0.583. The van der Waals surface area contributed by atoms with Crippen LogP contribution in [0.1, 0.15) is 25.3 Å². The van der Waals surface area contributed by atoms with E-state index >= 15 is 0 Å². The molecule has 0 aliphatic carbocycles. The van der Waals surface area contributed by atoms with Gasteiger partial charge >= 0.3 is 0 Å². The summed E-state index contributed by atoms with van der Waals surface area (Å²) < 4.78 is 5.19. The Bertz CT molecular complexity index is 334. The molecule has 0 spiro atoms. The predicted molar refractivity (Wildman–Crippen MR) is 61.3 cm³/mol. The molecule has 3 nitrogen and oxygen atoms in total. The summed E-state index contributed by atoms with van der Waals surface area (Å²) in [4.78, 5) is 6.60. The van der Waals surface area contributed by atoms with Gasteiger partial charge in [0, 0.05) is 13.2 Å². The zero-order valence-electron chi connectivity index (χ0n) is 9.60. The third-order valence-electron chi connectivity index (χ3n) is 2.97. The van der Waals surface area contributed by atoms with E-state index in [1.165, 1.54) is 5.56 Å². The highest BCUT2D eigenvalue weighted by molar-refractivity contribution is 5.42. The number of likely N-dealkylation sites (N-methyl/N-ethyl adjacent to an activating group) is 1. The summed E-state index contributed by atoms with van der Waals surface area (Å²) >= 11 is 0. The molecule has 0 unspecified atom stereocenters. The zero-order valence-corrected chi connectivity index (χ0v) is 9.60. The lowest BCUT2D eigenvalue weighted by atomic mass is 10.0. The second kappa shape index (κ2) is 4.19. The van der Waals surface area contributed by atoms with Crippen molar-refractivity contribution in [1.82, 2.24) is 4.98 Å². The highest BCUT2D eigenvalue weighted by Crippen LogP contribution is 2.21. The lowest BCUT2D eigenvalue weighted by molar-refractivity contribution is 0.00988. The molecule has 1 aliphatic rings. The average Bonchev–Trinajstić information content (AvgIpc) is 2.15. The van der Waals surface area contributed by atoms with Crippen molar-refractivity contribution in [1.29, 1.82) is 0 Å². The molecular weight excluding hydrogens is 188 g/mol. The Kier molecular flexibility index (Phi) is 2.91. The fourth-order valence-corrected chi connectivity index (χ4v) is 1.62. The molecule has 2 heterocycles. The van der Waals surface area contributed by atoms with E-state index in [1.807, 2.05) is 6.20 Å². The molecule has 0 atom stereocenters. The molecule has 0 bridgehead atoms. The van der Waals surface area contributed by atoms with Crippen LogP contribution in [-0.2, 0) is 4.74 Å². The summed E-state index contributed by atoms with van der Waals surface area (Å²) in [7, 11) is 2.08. The van der Waals surface area contributed by atoms with Gasteiger partial charge in [-0.2, -0.15) is 0 Å². The topological polar surface area (TPSA) is 25.4 Å². The lowest BCUT2D eigenvalue weighted by Crippen LogP contribution is -2.47. The number of hydrogen-bond donors (Lipinski definition) is 0. The van der Waals surface area contributed by atoms with Gasteiger partial charge < -0.3 is 9.64 Å². The Morgan fingerprint density at radius 1 is 1.47 bits per heavy atom. The molecule has 0 amide bonds. The maximum Gasteiger partial charge on any atom is 0.128 e. The number of anilines is 1. The van der Waals surface area contributed by atoms with Crippen molar-refractivity contribution in [2.75, 3.05) is 25.2 Å². The van der Waals surface area contributed by atoms with E-state index in [-0.39, 0.29) is 0 Å². The van der Waals surface area contributed by atoms with E-state index in [9.17, 15) is 0 Å². The predicted octanol–water partition coefficient (Wildman–Crippen LogP) is 2.04. The highest BCUT2D eigenvalue weighted by atomic mass is 16.5. The Balaban J connectivity index is 2.16. The van der Waals surface area contributed by atoms with Crippen LogP contribution in [0.3, 0.4) is 0 Å². The zero-order chi connectivity index (χ0) is 10.8. The SMILES string of the molecule is CC(C)c1ccnc(N(C)C2COC2)c1. The number of hydrogen-bond acceptors (Lipinski definition) is 3. The van der Waals surface area contributed by atoms with Gasteiger partial charge in [-0.15, -0.1) is 0 Å². The lowest BCUT2D eigenvalue weighted by Gasteiger charge is -2.35. The van der Waals surface area contributed by atoms with E-state index in [2.05, 4.69) is 42.9 Å². The standard InChI is InChI=1S/C12H18N2O/c1-9(2)10-4-5-13-12(6-10)14(3)11-7-15-8-11/h4-6,9,11H,7-8H2,1-3H3. The van der Waals surface area contributed by atoms with Crippen LogP contribution < -0.4 is 4.90 Å². The Hall–Kier alpha value is -1.09. The number of rotatable bonds is 3. The van der Waals surface area contributed by atoms with Crippen molar-refractivity contribution in [3.63, 3.8) is 0 Å². The van der Waals surface area contributed by atoms with Crippen LogP contribution in [0, 0.1) is 0 Å². The molecule has 2 rings (SSSR count). The first-order chi connectivity index (χ1) is 7.18. The second-order valence-corrected chi connectivity index (χ2v) is 4.40. The summed E-state index contributed by atoms with van der Waals surface area (Å²) in [5, 5.41) is 0. The number of aromatic nitrogens is 1. The van der Waals surface area contributed by atoms with E-state index in [1.54, 1.807) is 0 Å². The van der Waals surface area contributed by atoms with Crippen molar-refractivity contribution in [2.24, 2.45) is 0 Å². The van der Waals surface area contributed by atoms with E-state index in [0.29, 0.717) is 12.0 Å². The largest absolute Gasteiger partial charge is 0.377 e. The fourth-order valence-electron chi connectivity index (χ4n) is 1.62. The van der Waals surface area contributed by atoms with Crippen molar-refractivity contribution >= 4 is 5.82 Å². The Labute approximate surface area is 91.1 Å². The molecule has 82 valence electrons. The van der Waals surface area contributed by atoms with Gasteiger partial charge in [-0.05, 0) is 23.6 Å². The maximum atomic E-state index is 5.19. The third kappa shape index (κ3) is 2.12. The minimum Gasteiger partial charge on any atom is -0.377 e. The minimum absolute atomic E-state index is 0.500. The number of ether oxygens (including phenoxy) is 1. The summed E-state index contributed by atoms with van der Waals surface area (Å²) in [6, 6.07) is 4.75. The molecule has 1 aromatic heterocycles. The van der Waals surface area contributed by atoms with E-state index < -0.39 is 0 Å². The average molecular weight is 206 g/mol. The Morgan fingerprint density at radius 3 is 2.73 bits per heavy atom. The summed E-state index contributed by atoms with van der Waals surface area (Å²) in [5.41, 5.74) is 1.34. The van der Waals surface area contributed by atoms with Crippen LogP contribution in [0.2, 0.25) is 0 Å². The van der Waals surface area contributed by atoms with Gasteiger partial charge in [0.1, 0.15) is 5.82 Å². The Morgan fingerprint density at radius 2 is 2.20 bits per heavy atom. The van der Waals surface area contributed by atoms with Gasteiger partial charge in [-0.25, -0.2) is 4.98 Å². The van der Waals surface area contributed by atoms with Crippen molar-refractivity contribution in [2.45, 2.75) is 25.8 Å². The first kappa shape index (κ1) is 10.4. The minimum atomic E-state index is 0.500. The van der Waals surface area contributed by atoms with E-state index in [0.717, 1.165) is 19.0 Å². The molecule has 1 saturated heterocycles. The molecule has 0 aromatic carbocycles. The van der Waals surface area contributed by atoms with Crippen LogP contribution >= 0.6 is 0 Å². The molecule has 0 saturated carbocycles. The molecule has 0 radical (unpaired) electrons. The third-order valence-corrected chi connectivity index (χ3v) is 2.97. The highest BCUT2D eigenvalue weighted by Gasteiger charge is 2.24. The van der Waals surface area contributed by atoms with Crippen molar-refractivity contribution in [3.8, 4) is 0 Å². The molecule has 3 heteroatoms. The summed E-state index contributed by atoms with van der Waals surface area (Å²) in [5.74, 6) is 1.60. The quantitative estimate of drug-likeness (QED) is 0.756. The molecule has 1 aliphatic heterocycles. The summed E-state index contributed by atoms with van der Waals surface area (Å²) in [6.07, 6.45) is 1.89. The van der Waals surface area contributed by atoms with Crippen LogP contribution in [0.4, 0.5) is 5.82 Å². The van der Waals surface area contributed by atoms with Gasteiger partial charge in [0.05, 0.1) is 19.3 Å².